The molecule has 0 spiro atoms. The summed E-state index contributed by atoms with van der Waals surface area (Å²) >= 11 is 0. The topological polar surface area (TPSA) is 38.1 Å². The fourth-order valence-corrected chi connectivity index (χ4v) is 2.21. The summed E-state index contributed by atoms with van der Waals surface area (Å²) in [6.45, 7) is 5.26. The van der Waals surface area contributed by atoms with E-state index in [-0.39, 0.29) is 0 Å². The number of anilines is 1. The summed E-state index contributed by atoms with van der Waals surface area (Å²) in [5.74, 6) is 0. The van der Waals surface area contributed by atoms with Crippen LogP contribution in [0.25, 0.3) is 11.1 Å². The van der Waals surface area contributed by atoms with Crippen LogP contribution in [-0.2, 0) is 0 Å². The molecule has 0 aliphatic heterocycles. The predicted molar refractivity (Wildman–Crippen MR) is 80.6 cm³/mol. The normalized spacial score (nSPS) is 11.1. The average Bonchev–Trinajstić information content (AvgIpc) is 2.79. The Hall–Kier alpha value is -1.51. The molecule has 1 aromatic heterocycles. The fourth-order valence-electron chi connectivity index (χ4n) is 2.21. The number of unbranched alkanes of at least 4 members (excludes halogenated alkanes) is 5. The van der Waals surface area contributed by atoms with Gasteiger partial charge in [0.25, 0.3) is 6.01 Å². The smallest absolute Gasteiger partial charge is 0.295 e. The monoisotopic (exact) mass is 260 g/mol. The highest BCUT2D eigenvalue weighted by Gasteiger charge is 2.04. The second-order valence-electron chi connectivity index (χ2n) is 5.18. The summed E-state index contributed by atoms with van der Waals surface area (Å²) in [4.78, 5) is 4.44. The van der Waals surface area contributed by atoms with E-state index in [0.29, 0.717) is 6.01 Å². The van der Waals surface area contributed by atoms with Crippen LogP contribution in [-0.4, -0.2) is 11.5 Å². The van der Waals surface area contributed by atoms with Gasteiger partial charge >= 0.3 is 0 Å². The standard InChI is InChI=1S/C16H24N2O/c1-3-4-5-6-7-8-11-17-16-18-14-12-13(2)9-10-15(14)19-16/h9-10,12H,3-8,11H2,1-2H3,(H,17,18). The van der Waals surface area contributed by atoms with Crippen LogP contribution in [0.1, 0.15) is 51.0 Å². The van der Waals surface area contributed by atoms with Gasteiger partial charge in [-0.2, -0.15) is 4.98 Å². The van der Waals surface area contributed by atoms with Crippen molar-refractivity contribution in [2.45, 2.75) is 52.4 Å². The first-order valence-electron chi connectivity index (χ1n) is 7.40. The number of benzene rings is 1. The first-order valence-corrected chi connectivity index (χ1v) is 7.40. The predicted octanol–water partition coefficient (Wildman–Crippen LogP) is 4.91. The van der Waals surface area contributed by atoms with Crippen LogP contribution in [0.4, 0.5) is 6.01 Å². The Labute approximate surface area is 115 Å². The van der Waals surface area contributed by atoms with Crippen molar-refractivity contribution in [1.82, 2.24) is 4.98 Å². The molecule has 3 heteroatoms. The van der Waals surface area contributed by atoms with Crippen LogP contribution >= 0.6 is 0 Å². The maximum atomic E-state index is 5.65. The van der Waals surface area contributed by atoms with Crippen LogP contribution < -0.4 is 5.32 Å². The van der Waals surface area contributed by atoms with Crippen LogP contribution in [0.5, 0.6) is 0 Å². The molecule has 0 amide bonds. The molecular formula is C16H24N2O. The van der Waals surface area contributed by atoms with E-state index in [1.165, 1.54) is 44.1 Å². The Morgan fingerprint density at radius 1 is 1.11 bits per heavy atom. The molecule has 0 fully saturated rings. The van der Waals surface area contributed by atoms with E-state index in [2.05, 4.69) is 30.2 Å². The second-order valence-corrected chi connectivity index (χ2v) is 5.18. The zero-order valence-electron chi connectivity index (χ0n) is 12.0. The van der Waals surface area contributed by atoms with Gasteiger partial charge in [0.05, 0.1) is 0 Å². The summed E-state index contributed by atoms with van der Waals surface area (Å²) in [6.07, 6.45) is 7.83. The highest BCUT2D eigenvalue weighted by atomic mass is 16.4. The van der Waals surface area contributed by atoms with Gasteiger partial charge in [0.2, 0.25) is 0 Å². The molecule has 2 aromatic rings. The molecule has 0 bridgehead atoms. The van der Waals surface area contributed by atoms with Crippen LogP contribution in [0, 0.1) is 6.92 Å². The van der Waals surface area contributed by atoms with Crippen molar-refractivity contribution in [3.8, 4) is 0 Å². The minimum absolute atomic E-state index is 0.647. The Bertz CT molecular complexity index is 504. The van der Waals surface area contributed by atoms with Crippen molar-refractivity contribution in [3.63, 3.8) is 0 Å². The first-order chi connectivity index (χ1) is 9.29. The van der Waals surface area contributed by atoms with Gasteiger partial charge < -0.3 is 9.73 Å². The zero-order chi connectivity index (χ0) is 13.5. The van der Waals surface area contributed by atoms with E-state index in [9.17, 15) is 0 Å². The number of nitrogens with one attached hydrogen (secondary N) is 1. The van der Waals surface area contributed by atoms with E-state index >= 15 is 0 Å². The summed E-state index contributed by atoms with van der Waals surface area (Å²) in [5.41, 5.74) is 3.00. The molecule has 0 radical (unpaired) electrons. The van der Waals surface area contributed by atoms with E-state index in [4.69, 9.17) is 4.42 Å². The molecule has 0 unspecified atom stereocenters. The largest absolute Gasteiger partial charge is 0.424 e. The molecule has 0 saturated carbocycles. The summed E-state index contributed by atoms with van der Waals surface area (Å²) in [5, 5.41) is 3.27. The highest BCUT2D eigenvalue weighted by molar-refractivity contribution is 5.75. The van der Waals surface area contributed by atoms with E-state index < -0.39 is 0 Å². The van der Waals surface area contributed by atoms with Crippen LogP contribution in [0.2, 0.25) is 0 Å². The summed E-state index contributed by atoms with van der Waals surface area (Å²) in [7, 11) is 0. The number of rotatable bonds is 8. The van der Waals surface area contributed by atoms with Gasteiger partial charge in [-0.3, -0.25) is 0 Å². The molecule has 1 N–H and O–H groups in total. The molecule has 1 heterocycles. The minimum Gasteiger partial charge on any atom is -0.424 e. The lowest BCUT2D eigenvalue weighted by Gasteiger charge is -2.01. The quantitative estimate of drug-likeness (QED) is 0.685. The summed E-state index contributed by atoms with van der Waals surface area (Å²) < 4.78 is 5.65. The molecule has 3 nitrogen and oxygen atoms in total. The number of fused-ring (bicyclic) bond motifs is 1. The number of aryl methyl sites for hydroxylation is 1. The number of hydrogen-bond acceptors (Lipinski definition) is 3. The lowest BCUT2D eigenvalue weighted by molar-refractivity contribution is 0.594. The highest BCUT2D eigenvalue weighted by Crippen LogP contribution is 2.19. The van der Waals surface area contributed by atoms with E-state index in [1.54, 1.807) is 0 Å². The van der Waals surface area contributed by atoms with Gasteiger partial charge in [-0.05, 0) is 31.0 Å². The molecule has 0 aliphatic carbocycles. The summed E-state index contributed by atoms with van der Waals surface area (Å²) in [6, 6.07) is 6.72. The zero-order valence-corrected chi connectivity index (χ0v) is 12.0. The number of aromatic nitrogens is 1. The maximum absolute atomic E-state index is 5.65. The average molecular weight is 260 g/mol. The lowest BCUT2D eigenvalue weighted by Crippen LogP contribution is -2.01. The molecule has 1 aromatic carbocycles. The third kappa shape index (κ3) is 4.27. The third-order valence-electron chi connectivity index (χ3n) is 3.35. The van der Waals surface area contributed by atoms with Crippen molar-refractivity contribution >= 4 is 17.1 Å². The Balaban J connectivity index is 1.72. The lowest BCUT2D eigenvalue weighted by atomic mass is 10.1. The minimum atomic E-state index is 0.647. The first kappa shape index (κ1) is 13.9. The van der Waals surface area contributed by atoms with Crippen LogP contribution in [0.3, 0.4) is 0 Å². The molecule has 2 rings (SSSR count). The van der Waals surface area contributed by atoms with Gasteiger partial charge in [-0.1, -0.05) is 45.1 Å². The van der Waals surface area contributed by atoms with E-state index in [0.717, 1.165) is 17.6 Å². The maximum Gasteiger partial charge on any atom is 0.295 e. The van der Waals surface area contributed by atoms with Gasteiger partial charge in [-0.25, -0.2) is 0 Å². The van der Waals surface area contributed by atoms with Crippen molar-refractivity contribution in [2.24, 2.45) is 0 Å². The second kappa shape index (κ2) is 7.17. The number of nitrogens with zero attached hydrogens (tertiary/aromatic N) is 1. The van der Waals surface area contributed by atoms with Gasteiger partial charge in [-0.15, -0.1) is 0 Å². The molecule has 19 heavy (non-hydrogen) atoms. The van der Waals surface area contributed by atoms with Crippen molar-refractivity contribution in [2.75, 3.05) is 11.9 Å². The molecule has 0 aliphatic rings. The van der Waals surface area contributed by atoms with Gasteiger partial charge in [0.1, 0.15) is 5.52 Å². The van der Waals surface area contributed by atoms with Crippen molar-refractivity contribution < 1.29 is 4.42 Å². The van der Waals surface area contributed by atoms with Crippen molar-refractivity contribution in [1.29, 1.82) is 0 Å². The van der Waals surface area contributed by atoms with Gasteiger partial charge in [0, 0.05) is 6.54 Å². The number of hydrogen-bond donors (Lipinski definition) is 1. The van der Waals surface area contributed by atoms with Crippen LogP contribution in [0.15, 0.2) is 22.6 Å². The molecule has 104 valence electrons. The van der Waals surface area contributed by atoms with E-state index in [1.807, 2.05) is 12.1 Å². The number of oxazole rings is 1. The Morgan fingerprint density at radius 2 is 1.89 bits per heavy atom. The van der Waals surface area contributed by atoms with Gasteiger partial charge in [0.15, 0.2) is 5.58 Å². The third-order valence-corrected chi connectivity index (χ3v) is 3.35. The Kier molecular flexibility index (Phi) is 5.25. The fraction of sp³-hybridized carbons (Fsp3) is 0.562. The SMILES string of the molecule is CCCCCCCCNc1nc2cc(C)ccc2o1. The van der Waals surface area contributed by atoms with Crippen molar-refractivity contribution in [3.05, 3.63) is 23.8 Å². The molecule has 0 atom stereocenters. The molecular weight excluding hydrogens is 236 g/mol. The molecule has 0 saturated heterocycles. The Morgan fingerprint density at radius 3 is 2.74 bits per heavy atom.